The zero-order chi connectivity index (χ0) is 10.6. The lowest BCUT2D eigenvalue weighted by Gasteiger charge is -2.31. The van der Waals surface area contributed by atoms with Crippen LogP contribution in [0.5, 0.6) is 0 Å². The number of hydrogen-bond donors (Lipinski definition) is 2. The maximum atomic E-state index is 9.22. The number of aliphatic hydroxyl groups excluding tert-OH is 1. The van der Waals surface area contributed by atoms with E-state index >= 15 is 0 Å². The van der Waals surface area contributed by atoms with Crippen LogP contribution in [0.1, 0.15) is 32.6 Å². The third-order valence-electron chi connectivity index (χ3n) is 3.38. The Morgan fingerprint density at radius 3 is 2.43 bits per heavy atom. The van der Waals surface area contributed by atoms with Gasteiger partial charge in [-0.2, -0.15) is 0 Å². The van der Waals surface area contributed by atoms with Crippen molar-refractivity contribution in [2.75, 3.05) is 20.2 Å². The molecule has 1 aliphatic carbocycles. The van der Waals surface area contributed by atoms with E-state index in [4.69, 9.17) is 5.73 Å². The maximum Gasteiger partial charge on any atom is 0.0601 e. The van der Waals surface area contributed by atoms with E-state index in [0.717, 1.165) is 12.5 Å². The summed E-state index contributed by atoms with van der Waals surface area (Å²) in [5.74, 6) is 0.827. The fraction of sp³-hybridized carbons (Fsp3) is 1.00. The van der Waals surface area contributed by atoms with Gasteiger partial charge >= 0.3 is 0 Å². The lowest BCUT2D eigenvalue weighted by Crippen LogP contribution is -2.48. The van der Waals surface area contributed by atoms with Crippen LogP contribution in [-0.4, -0.2) is 42.3 Å². The van der Waals surface area contributed by atoms with E-state index in [-0.39, 0.29) is 18.7 Å². The Balaban J connectivity index is 2.34. The average molecular weight is 200 g/mol. The molecular formula is C11H24N2O. The van der Waals surface area contributed by atoms with Crippen molar-refractivity contribution in [2.24, 2.45) is 11.7 Å². The standard InChI is InChI=1S/C11H24N2O/c1-9(12)11(8-14)13(2)7-10-5-3-4-6-10/h9-11,14H,3-8,12H2,1-2H3. The molecule has 0 saturated heterocycles. The van der Waals surface area contributed by atoms with Crippen molar-refractivity contribution in [2.45, 2.75) is 44.7 Å². The van der Waals surface area contributed by atoms with Crippen LogP contribution in [0.3, 0.4) is 0 Å². The normalized spacial score (nSPS) is 22.9. The van der Waals surface area contributed by atoms with Crippen LogP contribution in [-0.2, 0) is 0 Å². The van der Waals surface area contributed by atoms with Crippen LogP contribution >= 0.6 is 0 Å². The number of aliphatic hydroxyl groups is 1. The first-order chi connectivity index (χ1) is 6.65. The molecule has 3 N–H and O–H groups in total. The van der Waals surface area contributed by atoms with Gasteiger partial charge in [-0.05, 0) is 32.7 Å². The predicted octanol–water partition coefficient (Wildman–Crippen LogP) is 0.816. The minimum atomic E-state index is 0.0476. The number of nitrogens with two attached hydrogens (primary N) is 1. The van der Waals surface area contributed by atoms with Gasteiger partial charge in [-0.25, -0.2) is 0 Å². The fourth-order valence-electron chi connectivity index (χ4n) is 2.44. The van der Waals surface area contributed by atoms with Crippen molar-refractivity contribution in [3.05, 3.63) is 0 Å². The van der Waals surface area contributed by atoms with Crippen molar-refractivity contribution in [3.8, 4) is 0 Å². The molecule has 0 aliphatic heterocycles. The second-order valence-corrected chi connectivity index (χ2v) is 4.70. The first-order valence-electron chi connectivity index (χ1n) is 5.71. The highest BCUT2D eigenvalue weighted by Crippen LogP contribution is 2.25. The number of likely N-dealkylation sites (N-methyl/N-ethyl adjacent to an activating group) is 1. The Hall–Kier alpha value is -0.120. The molecule has 0 spiro atoms. The molecule has 0 radical (unpaired) electrons. The highest BCUT2D eigenvalue weighted by atomic mass is 16.3. The Labute approximate surface area is 87.3 Å². The second kappa shape index (κ2) is 5.69. The maximum absolute atomic E-state index is 9.22. The van der Waals surface area contributed by atoms with E-state index in [9.17, 15) is 5.11 Å². The summed E-state index contributed by atoms with van der Waals surface area (Å²) in [6.45, 7) is 3.22. The molecule has 84 valence electrons. The molecule has 0 aromatic rings. The van der Waals surface area contributed by atoms with E-state index in [1.165, 1.54) is 25.7 Å². The molecule has 0 aromatic heterocycles. The van der Waals surface area contributed by atoms with Gasteiger partial charge in [-0.3, -0.25) is 4.90 Å². The average Bonchev–Trinajstić information content (AvgIpc) is 2.57. The number of rotatable bonds is 5. The van der Waals surface area contributed by atoms with Gasteiger partial charge in [0.2, 0.25) is 0 Å². The molecule has 0 amide bonds. The first kappa shape index (κ1) is 12.0. The van der Waals surface area contributed by atoms with Crippen LogP contribution in [0.4, 0.5) is 0 Å². The SMILES string of the molecule is CC(N)C(CO)N(C)CC1CCCC1. The lowest BCUT2D eigenvalue weighted by atomic mass is 10.1. The van der Waals surface area contributed by atoms with Gasteiger partial charge in [0.15, 0.2) is 0 Å². The van der Waals surface area contributed by atoms with Gasteiger partial charge in [-0.15, -0.1) is 0 Å². The predicted molar refractivity (Wildman–Crippen MR) is 59.1 cm³/mol. The molecule has 0 heterocycles. The third kappa shape index (κ3) is 3.23. The van der Waals surface area contributed by atoms with Gasteiger partial charge in [-0.1, -0.05) is 12.8 Å². The summed E-state index contributed by atoms with van der Waals surface area (Å²) in [7, 11) is 2.07. The van der Waals surface area contributed by atoms with Crippen LogP contribution in [0.15, 0.2) is 0 Å². The number of nitrogens with zero attached hydrogens (tertiary/aromatic N) is 1. The van der Waals surface area contributed by atoms with Crippen molar-refractivity contribution in [3.63, 3.8) is 0 Å². The highest BCUT2D eigenvalue weighted by molar-refractivity contribution is 4.79. The van der Waals surface area contributed by atoms with Crippen LogP contribution in [0.2, 0.25) is 0 Å². The zero-order valence-electron chi connectivity index (χ0n) is 9.45. The molecule has 0 bridgehead atoms. The monoisotopic (exact) mass is 200 g/mol. The summed E-state index contributed by atoms with van der Waals surface area (Å²) < 4.78 is 0. The summed E-state index contributed by atoms with van der Waals surface area (Å²) >= 11 is 0. The van der Waals surface area contributed by atoms with E-state index in [1.54, 1.807) is 0 Å². The fourth-order valence-corrected chi connectivity index (χ4v) is 2.44. The topological polar surface area (TPSA) is 49.5 Å². The molecular weight excluding hydrogens is 176 g/mol. The van der Waals surface area contributed by atoms with E-state index in [1.807, 2.05) is 6.92 Å². The van der Waals surface area contributed by atoms with Crippen molar-refractivity contribution in [1.82, 2.24) is 4.90 Å². The van der Waals surface area contributed by atoms with Crippen molar-refractivity contribution < 1.29 is 5.11 Å². The van der Waals surface area contributed by atoms with Crippen LogP contribution < -0.4 is 5.73 Å². The zero-order valence-corrected chi connectivity index (χ0v) is 9.45. The van der Waals surface area contributed by atoms with Crippen LogP contribution in [0, 0.1) is 5.92 Å². The van der Waals surface area contributed by atoms with Gasteiger partial charge in [0.1, 0.15) is 0 Å². The molecule has 3 nitrogen and oxygen atoms in total. The van der Waals surface area contributed by atoms with Crippen molar-refractivity contribution in [1.29, 1.82) is 0 Å². The van der Waals surface area contributed by atoms with E-state index in [0.29, 0.717) is 0 Å². The quantitative estimate of drug-likeness (QED) is 0.690. The molecule has 14 heavy (non-hydrogen) atoms. The summed E-state index contributed by atoms with van der Waals surface area (Å²) in [5.41, 5.74) is 5.82. The largest absolute Gasteiger partial charge is 0.395 e. The second-order valence-electron chi connectivity index (χ2n) is 4.70. The Morgan fingerprint density at radius 1 is 1.43 bits per heavy atom. The van der Waals surface area contributed by atoms with E-state index in [2.05, 4.69) is 11.9 Å². The van der Waals surface area contributed by atoms with Crippen molar-refractivity contribution >= 4 is 0 Å². The molecule has 1 saturated carbocycles. The summed E-state index contributed by atoms with van der Waals surface area (Å²) in [5, 5.41) is 9.22. The molecule has 3 heteroatoms. The summed E-state index contributed by atoms with van der Waals surface area (Å²) in [4.78, 5) is 2.22. The van der Waals surface area contributed by atoms with Gasteiger partial charge < -0.3 is 10.8 Å². The highest BCUT2D eigenvalue weighted by Gasteiger charge is 2.22. The molecule has 2 atom stereocenters. The minimum Gasteiger partial charge on any atom is -0.395 e. The molecule has 1 fully saturated rings. The Bertz CT molecular complexity index is 155. The number of hydrogen-bond acceptors (Lipinski definition) is 3. The van der Waals surface area contributed by atoms with Gasteiger partial charge in [0.25, 0.3) is 0 Å². The Kier molecular flexibility index (Phi) is 4.85. The van der Waals surface area contributed by atoms with E-state index < -0.39 is 0 Å². The van der Waals surface area contributed by atoms with Crippen LogP contribution in [0.25, 0.3) is 0 Å². The lowest BCUT2D eigenvalue weighted by molar-refractivity contribution is 0.117. The molecule has 1 aliphatic rings. The molecule has 1 rings (SSSR count). The third-order valence-corrected chi connectivity index (χ3v) is 3.38. The minimum absolute atomic E-state index is 0.0476. The Morgan fingerprint density at radius 2 is 2.00 bits per heavy atom. The van der Waals surface area contributed by atoms with Gasteiger partial charge in [0.05, 0.1) is 6.61 Å². The smallest absolute Gasteiger partial charge is 0.0601 e. The molecule has 2 unspecified atom stereocenters. The van der Waals surface area contributed by atoms with Gasteiger partial charge in [0, 0.05) is 18.6 Å². The molecule has 0 aromatic carbocycles. The summed E-state index contributed by atoms with van der Waals surface area (Å²) in [6, 6.07) is 0.169. The summed E-state index contributed by atoms with van der Waals surface area (Å²) in [6.07, 6.45) is 5.45. The first-order valence-corrected chi connectivity index (χ1v) is 5.71.